The van der Waals surface area contributed by atoms with Crippen LogP contribution in [0.5, 0.6) is 0 Å². The van der Waals surface area contributed by atoms with Gasteiger partial charge in [0.2, 0.25) is 0 Å². The van der Waals surface area contributed by atoms with Gasteiger partial charge in [0.25, 0.3) is 0 Å². The maximum absolute atomic E-state index is 10.7. The number of hydrogen-bond acceptors (Lipinski definition) is 1. The largest absolute Gasteiger partial charge is 0.300 e. The Hall–Kier alpha value is -0.330. The molecule has 0 atom stereocenters. The summed E-state index contributed by atoms with van der Waals surface area (Å²) < 4.78 is 0. The van der Waals surface area contributed by atoms with Gasteiger partial charge in [0.05, 0.1) is 0 Å². The van der Waals surface area contributed by atoms with Crippen molar-refractivity contribution in [3.63, 3.8) is 0 Å². The van der Waals surface area contributed by atoms with Gasteiger partial charge >= 0.3 is 0 Å². The van der Waals surface area contributed by atoms with Gasteiger partial charge in [-0.3, -0.25) is 4.79 Å². The van der Waals surface area contributed by atoms with Gasteiger partial charge in [0.15, 0.2) is 0 Å². The van der Waals surface area contributed by atoms with E-state index in [1.165, 1.54) is 0 Å². The van der Waals surface area contributed by atoms with Crippen molar-refractivity contribution in [1.82, 2.24) is 0 Å². The van der Waals surface area contributed by atoms with Crippen LogP contribution in [0, 0.1) is 6.92 Å². The summed E-state index contributed by atoms with van der Waals surface area (Å²) >= 11 is 0. The molecule has 0 aromatic rings. The molecule has 0 amide bonds. The number of Topliss-reactive ketones (excluding diaryl/α,β-unsaturated/α-hetero) is 1. The minimum atomic E-state index is 0.378. The summed E-state index contributed by atoms with van der Waals surface area (Å²) in [5, 5.41) is 0. The summed E-state index contributed by atoms with van der Waals surface area (Å²) in [6, 6.07) is 0. The lowest BCUT2D eigenvalue weighted by atomic mass is 10.1. The second-order valence-electron chi connectivity index (χ2n) is 2.20. The molecule has 0 rings (SSSR count). The first kappa shape index (κ1) is 8.67. The lowest BCUT2D eigenvalue weighted by molar-refractivity contribution is -0.118. The second-order valence-corrected chi connectivity index (χ2v) is 2.20. The second kappa shape index (κ2) is 5.80. The van der Waals surface area contributed by atoms with Crippen LogP contribution in [0.3, 0.4) is 0 Å². The number of rotatable bonds is 5. The fourth-order valence-corrected chi connectivity index (χ4v) is 0.676. The van der Waals surface area contributed by atoms with Gasteiger partial charge < -0.3 is 0 Å². The third-order valence-corrected chi connectivity index (χ3v) is 1.35. The summed E-state index contributed by atoms with van der Waals surface area (Å²) in [6.07, 6.45) is 4.52. The highest BCUT2D eigenvalue weighted by atomic mass is 16.1. The molecule has 0 aliphatic rings. The average Bonchev–Trinajstić information content (AvgIpc) is 1.89. The van der Waals surface area contributed by atoms with Crippen LogP contribution in [0.4, 0.5) is 0 Å². The van der Waals surface area contributed by atoms with Crippen LogP contribution in [0.25, 0.3) is 0 Å². The first-order chi connectivity index (χ1) is 4.31. The Morgan fingerprint density at radius 2 is 2.11 bits per heavy atom. The molecule has 0 fully saturated rings. The molecule has 1 radical (unpaired) electrons. The van der Waals surface area contributed by atoms with Crippen LogP contribution in [0.1, 0.15) is 39.0 Å². The van der Waals surface area contributed by atoms with Crippen LogP contribution in [0.15, 0.2) is 0 Å². The Balaban J connectivity index is 2.97. The predicted molar refractivity (Wildman–Crippen MR) is 39.1 cm³/mol. The first-order valence-corrected chi connectivity index (χ1v) is 3.62. The maximum atomic E-state index is 10.7. The summed E-state index contributed by atoms with van der Waals surface area (Å²) in [6.45, 7) is 5.61. The lowest BCUT2D eigenvalue weighted by Crippen LogP contribution is -1.93. The van der Waals surface area contributed by atoms with E-state index in [1.54, 1.807) is 0 Å². The molecule has 0 aliphatic heterocycles. The van der Waals surface area contributed by atoms with Gasteiger partial charge in [-0.05, 0) is 6.42 Å². The minimum absolute atomic E-state index is 0.378. The third kappa shape index (κ3) is 5.54. The SMILES string of the molecule is [CH2]CCCCC(=O)CC. The molecule has 0 aliphatic carbocycles. The highest BCUT2D eigenvalue weighted by Gasteiger charge is 1.95. The first-order valence-electron chi connectivity index (χ1n) is 3.62. The van der Waals surface area contributed by atoms with Gasteiger partial charge in [-0.1, -0.05) is 26.7 Å². The Morgan fingerprint density at radius 3 is 2.56 bits per heavy atom. The van der Waals surface area contributed by atoms with Gasteiger partial charge in [-0.15, -0.1) is 0 Å². The van der Waals surface area contributed by atoms with Crippen molar-refractivity contribution in [2.45, 2.75) is 39.0 Å². The van der Waals surface area contributed by atoms with E-state index < -0.39 is 0 Å². The summed E-state index contributed by atoms with van der Waals surface area (Å²) in [5.41, 5.74) is 0. The van der Waals surface area contributed by atoms with Crippen molar-refractivity contribution < 1.29 is 4.79 Å². The van der Waals surface area contributed by atoms with E-state index in [9.17, 15) is 4.79 Å². The molecule has 0 saturated carbocycles. The van der Waals surface area contributed by atoms with Crippen molar-refractivity contribution in [2.24, 2.45) is 0 Å². The van der Waals surface area contributed by atoms with E-state index in [2.05, 4.69) is 6.92 Å². The zero-order valence-corrected chi connectivity index (χ0v) is 6.15. The lowest BCUT2D eigenvalue weighted by Gasteiger charge is -1.93. The predicted octanol–water partition coefficient (Wildman–Crippen LogP) is 2.36. The third-order valence-electron chi connectivity index (χ3n) is 1.35. The maximum Gasteiger partial charge on any atom is 0.132 e. The van der Waals surface area contributed by atoms with Crippen LogP contribution in [0.2, 0.25) is 0 Å². The van der Waals surface area contributed by atoms with E-state index in [0.29, 0.717) is 12.2 Å². The monoisotopic (exact) mass is 127 g/mol. The van der Waals surface area contributed by atoms with Crippen molar-refractivity contribution >= 4 is 5.78 Å². The van der Waals surface area contributed by atoms with Crippen LogP contribution >= 0.6 is 0 Å². The number of hydrogen-bond donors (Lipinski definition) is 0. The normalized spacial score (nSPS) is 9.56. The fourth-order valence-electron chi connectivity index (χ4n) is 0.676. The van der Waals surface area contributed by atoms with Crippen LogP contribution in [-0.2, 0) is 4.79 Å². The molecule has 1 nitrogen and oxygen atoms in total. The average molecular weight is 127 g/mol. The smallest absolute Gasteiger partial charge is 0.132 e. The molecule has 0 spiro atoms. The topological polar surface area (TPSA) is 17.1 Å². The van der Waals surface area contributed by atoms with Crippen molar-refractivity contribution in [2.75, 3.05) is 0 Å². The molecule has 53 valence electrons. The Kier molecular flexibility index (Phi) is 5.59. The number of carbonyl (C=O) groups excluding carboxylic acids is 1. The molecular weight excluding hydrogens is 112 g/mol. The highest BCUT2D eigenvalue weighted by Crippen LogP contribution is 2.00. The van der Waals surface area contributed by atoms with Gasteiger partial charge in [-0.25, -0.2) is 0 Å². The minimum Gasteiger partial charge on any atom is -0.300 e. The number of unbranched alkanes of at least 4 members (excludes halogenated alkanes) is 2. The van der Waals surface area contributed by atoms with Gasteiger partial charge in [-0.2, -0.15) is 0 Å². The van der Waals surface area contributed by atoms with Crippen LogP contribution in [-0.4, -0.2) is 5.78 Å². The Morgan fingerprint density at radius 1 is 1.44 bits per heavy atom. The molecule has 0 N–H and O–H groups in total. The molecule has 1 heteroatoms. The number of ketones is 1. The van der Waals surface area contributed by atoms with E-state index in [-0.39, 0.29) is 0 Å². The quantitative estimate of drug-likeness (QED) is 0.518. The number of carbonyl (C=O) groups is 1. The van der Waals surface area contributed by atoms with E-state index in [0.717, 1.165) is 25.7 Å². The molecule has 0 unspecified atom stereocenters. The molecule has 9 heavy (non-hydrogen) atoms. The molecule has 0 aromatic carbocycles. The molecule has 0 saturated heterocycles. The van der Waals surface area contributed by atoms with Crippen molar-refractivity contribution in [3.05, 3.63) is 6.92 Å². The molecular formula is C8H15O. The zero-order valence-electron chi connectivity index (χ0n) is 6.15. The standard InChI is InChI=1S/C8H15O/c1-3-5-6-7-8(9)4-2/h1,3-7H2,2H3. The molecule has 0 bridgehead atoms. The van der Waals surface area contributed by atoms with E-state index >= 15 is 0 Å². The van der Waals surface area contributed by atoms with Crippen molar-refractivity contribution in [3.8, 4) is 0 Å². The van der Waals surface area contributed by atoms with Crippen molar-refractivity contribution in [1.29, 1.82) is 0 Å². The Labute approximate surface area is 57.5 Å². The Bertz CT molecular complexity index is 76.6. The molecule has 0 aromatic heterocycles. The van der Waals surface area contributed by atoms with Gasteiger partial charge in [0.1, 0.15) is 5.78 Å². The summed E-state index contributed by atoms with van der Waals surface area (Å²) in [4.78, 5) is 10.7. The van der Waals surface area contributed by atoms with Gasteiger partial charge in [0, 0.05) is 12.8 Å². The fraction of sp³-hybridized carbons (Fsp3) is 0.750. The van der Waals surface area contributed by atoms with E-state index in [4.69, 9.17) is 0 Å². The summed E-state index contributed by atoms with van der Waals surface area (Å²) in [7, 11) is 0. The zero-order chi connectivity index (χ0) is 7.11. The van der Waals surface area contributed by atoms with Crippen LogP contribution < -0.4 is 0 Å². The molecule has 0 heterocycles. The summed E-state index contributed by atoms with van der Waals surface area (Å²) in [5.74, 6) is 0.378. The van der Waals surface area contributed by atoms with E-state index in [1.807, 2.05) is 6.92 Å². The highest BCUT2D eigenvalue weighted by molar-refractivity contribution is 5.77.